The molecule has 2 fully saturated rings. The number of nitro benzene ring substituents is 1. The number of primary amides is 1. The third-order valence-electron chi connectivity index (χ3n) is 6.65. The van der Waals surface area contributed by atoms with Crippen LogP contribution in [0.4, 0.5) is 11.4 Å². The van der Waals surface area contributed by atoms with Gasteiger partial charge in [0.15, 0.2) is 0 Å². The molecule has 1 heterocycles. The molecule has 1 saturated carbocycles. The van der Waals surface area contributed by atoms with Crippen LogP contribution in [0.3, 0.4) is 0 Å². The van der Waals surface area contributed by atoms with Gasteiger partial charge in [-0.05, 0) is 69.0 Å². The molecule has 180 valence electrons. The zero-order valence-electron chi connectivity index (χ0n) is 19.8. The molecule has 2 aromatic rings. The number of nitro groups is 1. The number of hydrogen-bond donors (Lipinski definition) is 2. The second-order valence-electron chi connectivity index (χ2n) is 9.41. The van der Waals surface area contributed by atoms with Crippen LogP contribution in [0.2, 0.25) is 0 Å². The molecule has 0 radical (unpaired) electrons. The van der Waals surface area contributed by atoms with Crippen LogP contribution >= 0.6 is 0 Å². The van der Waals surface area contributed by atoms with E-state index in [4.69, 9.17) is 5.73 Å². The van der Waals surface area contributed by atoms with E-state index in [1.54, 1.807) is 24.3 Å². The second-order valence-corrected chi connectivity index (χ2v) is 9.41. The maximum absolute atomic E-state index is 12.7. The van der Waals surface area contributed by atoms with Crippen LogP contribution in [-0.4, -0.2) is 59.9 Å². The van der Waals surface area contributed by atoms with Gasteiger partial charge in [-0.25, -0.2) is 0 Å². The lowest BCUT2D eigenvalue weighted by Crippen LogP contribution is -2.49. The zero-order chi connectivity index (χ0) is 24.6. The Balaban J connectivity index is 1.80. The van der Waals surface area contributed by atoms with Gasteiger partial charge in [0.2, 0.25) is 0 Å². The van der Waals surface area contributed by atoms with Crippen molar-refractivity contribution in [3.05, 3.63) is 57.1 Å². The van der Waals surface area contributed by atoms with Gasteiger partial charge in [0.25, 0.3) is 17.5 Å². The molecular weight excluding hydrogens is 434 g/mol. The summed E-state index contributed by atoms with van der Waals surface area (Å²) in [5, 5.41) is 15.1. The molecule has 0 atom stereocenters. The van der Waals surface area contributed by atoms with E-state index < -0.39 is 10.8 Å². The number of hydrogen-bond acceptors (Lipinski definition) is 6. The number of rotatable bonds is 7. The van der Waals surface area contributed by atoms with Gasteiger partial charge in [0.1, 0.15) is 5.56 Å². The summed E-state index contributed by atoms with van der Waals surface area (Å²) in [5.74, 6) is -1.06. The molecule has 3 N–H and O–H groups in total. The topological polar surface area (TPSA) is 122 Å². The van der Waals surface area contributed by atoms with Gasteiger partial charge in [-0.1, -0.05) is 6.07 Å². The van der Waals surface area contributed by atoms with Crippen molar-refractivity contribution in [3.63, 3.8) is 0 Å². The highest BCUT2D eigenvalue weighted by atomic mass is 16.6. The summed E-state index contributed by atoms with van der Waals surface area (Å²) in [6.07, 6.45) is 1.92. The van der Waals surface area contributed by atoms with E-state index in [-0.39, 0.29) is 23.2 Å². The third-order valence-corrected chi connectivity index (χ3v) is 6.65. The predicted molar refractivity (Wildman–Crippen MR) is 131 cm³/mol. The van der Waals surface area contributed by atoms with Crippen LogP contribution in [0.5, 0.6) is 0 Å². The van der Waals surface area contributed by atoms with E-state index in [2.05, 4.69) is 29.0 Å². The number of piperazine rings is 1. The highest BCUT2D eigenvalue weighted by Crippen LogP contribution is 2.39. The number of carbonyl (C=O) groups excluding carboxylic acids is 2. The summed E-state index contributed by atoms with van der Waals surface area (Å²) < 4.78 is 0. The number of nitrogens with two attached hydrogens (primary N) is 1. The quantitative estimate of drug-likeness (QED) is 0.479. The monoisotopic (exact) mass is 465 g/mol. The Morgan fingerprint density at radius 3 is 2.32 bits per heavy atom. The number of benzene rings is 2. The molecule has 0 aromatic heterocycles. The van der Waals surface area contributed by atoms with Crippen molar-refractivity contribution in [2.75, 3.05) is 31.1 Å². The summed E-state index contributed by atoms with van der Waals surface area (Å²) >= 11 is 0. The summed E-state index contributed by atoms with van der Waals surface area (Å²) in [4.78, 5) is 41.0. The molecule has 9 nitrogen and oxygen atoms in total. The summed E-state index contributed by atoms with van der Waals surface area (Å²) in [5.41, 5.74) is 7.88. The van der Waals surface area contributed by atoms with Gasteiger partial charge in [-0.2, -0.15) is 0 Å². The van der Waals surface area contributed by atoms with E-state index in [1.165, 1.54) is 6.07 Å². The Morgan fingerprint density at radius 1 is 1.09 bits per heavy atom. The summed E-state index contributed by atoms with van der Waals surface area (Å²) in [6.45, 7) is 9.31. The standard InChI is InChI=1S/C25H31N5O4/c1-15(2)28-8-10-29(11-9-28)19-13-21(23(30(33)34)22(14-19)24(26)31)20-12-17(5-4-16(20)3)25(32)27-18-6-7-18/h4-5,12-15,18H,6-11H2,1-3H3,(H2,26,31)(H,27,32). The maximum Gasteiger partial charge on any atom is 0.290 e. The number of nitrogens with one attached hydrogen (secondary N) is 1. The van der Waals surface area contributed by atoms with Crippen molar-refractivity contribution in [2.45, 2.75) is 45.7 Å². The van der Waals surface area contributed by atoms with Crippen molar-refractivity contribution in [3.8, 4) is 11.1 Å². The number of carbonyl (C=O) groups is 2. The molecule has 0 unspecified atom stereocenters. The highest BCUT2D eigenvalue weighted by molar-refractivity contribution is 6.03. The zero-order valence-corrected chi connectivity index (χ0v) is 19.8. The Labute approximate surface area is 199 Å². The van der Waals surface area contributed by atoms with Crippen molar-refractivity contribution < 1.29 is 14.5 Å². The normalized spacial score (nSPS) is 16.5. The Hall–Kier alpha value is -3.46. The molecule has 2 amide bonds. The van der Waals surface area contributed by atoms with Crippen LogP contribution in [0, 0.1) is 17.0 Å². The minimum absolute atomic E-state index is 0.129. The van der Waals surface area contributed by atoms with E-state index in [0.717, 1.165) is 44.6 Å². The lowest BCUT2D eigenvalue weighted by molar-refractivity contribution is -0.384. The van der Waals surface area contributed by atoms with Crippen LogP contribution in [0.15, 0.2) is 30.3 Å². The maximum atomic E-state index is 12.7. The molecule has 2 aromatic carbocycles. The minimum Gasteiger partial charge on any atom is -0.369 e. The lowest BCUT2D eigenvalue weighted by Gasteiger charge is -2.38. The first-order valence-corrected chi connectivity index (χ1v) is 11.7. The number of anilines is 1. The van der Waals surface area contributed by atoms with Crippen LogP contribution in [0.25, 0.3) is 11.1 Å². The van der Waals surface area contributed by atoms with Crippen molar-refractivity contribution in [1.29, 1.82) is 0 Å². The number of amides is 2. The molecule has 2 aliphatic rings. The number of aryl methyl sites for hydroxylation is 1. The average molecular weight is 466 g/mol. The molecule has 1 aliphatic heterocycles. The fourth-order valence-corrected chi connectivity index (χ4v) is 4.44. The molecular formula is C25H31N5O4. The minimum atomic E-state index is -0.851. The molecule has 34 heavy (non-hydrogen) atoms. The first-order chi connectivity index (χ1) is 16.2. The van der Waals surface area contributed by atoms with E-state index >= 15 is 0 Å². The summed E-state index contributed by atoms with van der Waals surface area (Å²) in [7, 11) is 0. The SMILES string of the molecule is Cc1ccc(C(=O)NC2CC2)cc1-c1cc(N2CCN(C(C)C)CC2)cc(C(N)=O)c1[N+](=O)[O-]. The van der Waals surface area contributed by atoms with Gasteiger partial charge < -0.3 is 16.0 Å². The Bertz CT molecular complexity index is 1130. The third kappa shape index (κ3) is 4.89. The van der Waals surface area contributed by atoms with E-state index in [9.17, 15) is 19.7 Å². The molecule has 1 aliphatic carbocycles. The molecule has 0 bridgehead atoms. The summed E-state index contributed by atoms with van der Waals surface area (Å²) in [6, 6.07) is 9.06. The lowest BCUT2D eigenvalue weighted by atomic mass is 9.93. The molecule has 0 spiro atoms. The van der Waals surface area contributed by atoms with Crippen molar-refractivity contribution in [2.24, 2.45) is 5.73 Å². The second kappa shape index (κ2) is 9.42. The largest absolute Gasteiger partial charge is 0.369 e. The molecule has 1 saturated heterocycles. The highest BCUT2D eigenvalue weighted by Gasteiger charge is 2.30. The van der Waals surface area contributed by atoms with Crippen molar-refractivity contribution >= 4 is 23.2 Å². The fourth-order valence-electron chi connectivity index (χ4n) is 4.44. The predicted octanol–water partition coefficient (Wildman–Crippen LogP) is 3.09. The van der Waals surface area contributed by atoms with E-state index in [0.29, 0.717) is 28.4 Å². The van der Waals surface area contributed by atoms with Crippen molar-refractivity contribution in [1.82, 2.24) is 10.2 Å². The fraction of sp³-hybridized carbons (Fsp3) is 0.440. The van der Waals surface area contributed by atoms with Crippen LogP contribution in [-0.2, 0) is 0 Å². The molecule has 9 heteroatoms. The Morgan fingerprint density at radius 2 is 1.76 bits per heavy atom. The van der Waals surface area contributed by atoms with Crippen LogP contribution < -0.4 is 16.0 Å². The number of nitrogens with zero attached hydrogens (tertiary/aromatic N) is 3. The van der Waals surface area contributed by atoms with Gasteiger partial charge >= 0.3 is 0 Å². The Kier molecular flexibility index (Phi) is 6.56. The van der Waals surface area contributed by atoms with Crippen LogP contribution in [0.1, 0.15) is 53.0 Å². The average Bonchev–Trinajstić information content (AvgIpc) is 3.62. The van der Waals surface area contributed by atoms with Gasteiger partial charge in [-0.15, -0.1) is 0 Å². The molecule has 4 rings (SSSR count). The first kappa shape index (κ1) is 23.7. The van der Waals surface area contributed by atoms with Gasteiger partial charge in [0, 0.05) is 49.5 Å². The van der Waals surface area contributed by atoms with Gasteiger partial charge in [0.05, 0.1) is 10.5 Å². The first-order valence-electron chi connectivity index (χ1n) is 11.7. The van der Waals surface area contributed by atoms with Gasteiger partial charge in [-0.3, -0.25) is 24.6 Å². The smallest absolute Gasteiger partial charge is 0.290 e. The van der Waals surface area contributed by atoms with E-state index in [1.807, 2.05) is 6.92 Å².